The average Bonchev–Trinajstić information content (AvgIpc) is 3.33. The Kier molecular flexibility index (Phi) is 8.15. The van der Waals surface area contributed by atoms with Gasteiger partial charge in [-0.05, 0) is 44.4 Å². The molecule has 0 amide bonds. The second-order valence-corrected chi connectivity index (χ2v) is 10.8. The van der Waals surface area contributed by atoms with Crippen molar-refractivity contribution in [3.8, 4) is 5.19 Å². The number of ether oxygens (including phenoxy) is 1. The van der Waals surface area contributed by atoms with Crippen molar-refractivity contribution < 1.29 is 31.5 Å². The van der Waals surface area contributed by atoms with Crippen molar-refractivity contribution in [3.05, 3.63) is 28.4 Å². The van der Waals surface area contributed by atoms with Crippen LogP contribution in [-0.4, -0.2) is 58.7 Å². The average molecular weight is 518 g/mol. The Morgan fingerprint density at radius 2 is 2.03 bits per heavy atom. The number of nitrogens with zero attached hydrogens (tertiary/aromatic N) is 3. The molecule has 0 N–H and O–H groups in total. The van der Waals surface area contributed by atoms with E-state index < -0.39 is 18.5 Å². The molecule has 1 saturated carbocycles. The summed E-state index contributed by atoms with van der Waals surface area (Å²) >= 11 is 1.17. The van der Waals surface area contributed by atoms with Gasteiger partial charge in [0.15, 0.2) is 12.5 Å². The zero-order chi connectivity index (χ0) is 25.1. The number of carbonyl (C=O) groups excluding carboxylic acids is 1. The summed E-state index contributed by atoms with van der Waals surface area (Å²) < 4.78 is 62.7. The fourth-order valence-electron chi connectivity index (χ4n) is 4.90. The molecule has 0 bridgehead atoms. The summed E-state index contributed by atoms with van der Waals surface area (Å²) in [6.45, 7) is 2.47. The molecule has 2 aliphatic rings. The number of aryl methyl sites for hydroxylation is 1. The Morgan fingerprint density at radius 1 is 1.29 bits per heavy atom. The summed E-state index contributed by atoms with van der Waals surface area (Å²) in [4.78, 5) is 23.7. The zero-order valence-electron chi connectivity index (χ0n) is 19.8. The lowest BCUT2D eigenvalue weighted by molar-refractivity contribution is -0.153. The van der Waals surface area contributed by atoms with Crippen molar-refractivity contribution in [2.24, 2.45) is 5.92 Å². The lowest BCUT2D eigenvalue weighted by Gasteiger charge is -2.35. The molecule has 1 aliphatic carbocycles. The van der Waals surface area contributed by atoms with Crippen LogP contribution < -0.4 is 4.74 Å². The van der Waals surface area contributed by atoms with Crippen LogP contribution in [0.25, 0.3) is 0 Å². The van der Waals surface area contributed by atoms with Gasteiger partial charge in [-0.15, -0.1) is 0 Å². The zero-order valence-corrected chi connectivity index (χ0v) is 20.7. The summed E-state index contributed by atoms with van der Waals surface area (Å²) in [7, 11) is 0. The molecule has 2 aromatic rings. The highest BCUT2D eigenvalue weighted by Gasteiger charge is 2.36. The minimum Gasteiger partial charge on any atom is -0.460 e. The number of halogens is 4. The Morgan fingerprint density at radius 3 is 2.71 bits per heavy atom. The van der Waals surface area contributed by atoms with Gasteiger partial charge in [0.05, 0.1) is 18.3 Å². The summed E-state index contributed by atoms with van der Waals surface area (Å²) in [6, 6.07) is 0. The van der Waals surface area contributed by atoms with Gasteiger partial charge in [0.1, 0.15) is 17.2 Å². The summed E-state index contributed by atoms with van der Waals surface area (Å²) in [5.74, 6) is 1.44. The van der Waals surface area contributed by atoms with E-state index in [2.05, 4.69) is 14.9 Å². The highest BCUT2D eigenvalue weighted by atomic mass is 32.1. The quantitative estimate of drug-likeness (QED) is 0.422. The smallest absolute Gasteiger partial charge is 0.422 e. The van der Waals surface area contributed by atoms with E-state index in [-0.39, 0.29) is 23.3 Å². The topological polar surface area (TPSA) is 68.5 Å². The lowest BCUT2D eigenvalue weighted by atomic mass is 9.76. The molecular weight excluding hydrogens is 486 g/mol. The first-order valence-electron chi connectivity index (χ1n) is 12.1. The van der Waals surface area contributed by atoms with E-state index in [0.717, 1.165) is 17.1 Å². The van der Waals surface area contributed by atoms with Crippen molar-refractivity contribution in [2.45, 2.75) is 76.6 Å². The van der Waals surface area contributed by atoms with Crippen LogP contribution in [-0.2, 0) is 24.1 Å². The highest BCUT2D eigenvalue weighted by molar-refractivity contribution is 7.13. The summed E-state index contributed by atoms with van der Waals surface area (Å²) in [6.07, 6.45) is 1.99. The Balaban J connectivity index is 1.17. The van der Waals surface area contributed by atoms with Crippen molar-refractivity contribution in [1.82, 2.24) is 14.9 Å². The Labute approximate surface area is 206 Å². The van der Waals surface area contributed by atoms with Crippen LogP contribution in [0.2, 0.25) is 0 Å². The van der Waals surface area contributed by atoms with Crippen molar-refractivity contribution in [2.75, 3.05) is 26.2 Å². The third-order valence-corrected chi connectivity index (χ3v) is 7.94. The maximum Gasteiger partial charge on any atom is 0.422 e. The van der Waals surface area contributed by atoms with Gasteiger partial charge >= 0.3 is 6.18 Å². The molecule has 0 atom stereocenters. The number of aromatic nitrogens is 2. The summed E-state index contributed by atoms with van der Waals surface area (Å²) in [5.41, 5.74) is -0.425. The van der Waals surface area contributed by atoms with Crippen LogP contribution in [0.3, 0.4) is 0 Å². The predicted molar refractivity (Wildman–Crippen MR) is 122 cm³/mol. The normalized spacial score (nSPS) is 23.6. The van der Waals surface area contributed by atoms with Crippen LogP contribution in [0, 0.1) is 12.8 Å². The number of fused-ring (bicyclic) bond motifs is 1. The first kappa shape index (κ1) is 26.1. The molecule has 0 aromatic carbocycles. The molecule has 6 nitrogen and oxygen atoms in total. The van der Waals surface area contributed by atoms with Gasteiger partial charge in [0, 0.05) is 44.3 Å². The molecule has 35 heavy (non-hydrogen) atoms. The predicted octanol–water partition coefficient (Wildman–Crippen LogP) is 5.27. The Bertz CT molecular complexity index is 973. The van der Waals surface area contributed by atoms with Crippen LogP contribution in [0.1, 0.15) is 60.7 Å². The molecule has 0 unspecified atom stereocenters. The fraction of sp³-hybridized carbons (Fsp3) is 0.708. The van der Waals surface area contributed by atoms with Crippen molar-refractivity contribution in [3.63, 3.8) is 0 Å². The SMILES string of the molecule is Cc1ncc(CC(=O)CC2CCC(F)(CCN3CCc4nc(OCC(F)(F)F)sc4CC3)CC2)o1. The minimum atomic E-state index is -4.38. The summed E-state index contributed by atoms with van der Waals surface area (Å²) in [5, 5.41) is 0.0645. The van der Waals surface area contributed by atoms with Crippen molar-refractivity contribution >= 4 is 17.1 Å². The Hall–Kier alpha value is -2.01. The molecule has 0 radical (unpaired) electrons. The van der Waals surface area contributed by atoms with Gasteiger partial charge in [-0.3, -0.25) is 4.79 Å². The van der Waals surface area contributed by atoms with Gasteiger partial charge in [-0.1, -0.05) is 11.3 Å². The second-order valence-electron chi connectivity index (χ2n) is 9.70. The number of hydrogen-bond donors (Lipinski definition) is 0. The fourth-order valence-corrected chi connectivity index (χ4v) is 5.84. The number of hydrogen-bond acceptors (Lipinski definition) is 7. The van der Waals surface area contributed by atoms with E-state index in [1.807, 2.05) is 0 Å². The van der Waals surface area contributed by atoms with Gasteiger partial charge in [0.25, 0.3) is 5.19 Å². The molecule has 3 heterocycles. The van der Waals surface area contributed by atoms with E-state index in [0.29, 0.717) is 76.1 Å². The van der Waals surface area contributed by atoms with E-state index in [4.69, 9.17) is 9.15 Å². The second kappa shape index (κ2) is 10.9. The molecule has 4 rings (SSSR count). The standard InChI is InChI=1S/C24H31F4N3O3S/c1-16-29-14-19(34-16)13-18(32)12-17-2-6-23(25,7-3-17)8-11-31-9-4-20-21(5-10-31)35-22(30-20)33-15-24(26,27)28/h14,17H,2-13,15H2,1H3. The molecule has 0 saturated heterocycles. The monoisotopic (exact) mass is 517 g/mol. The number of Topliss-reactive ketones (excluding diaryl/α,β-unsaturated/α-hetero) is 1. The number of alkyl halides is 4. The van der Waals surface area contributed by atoms with Gasteiger partial charge < -0.3 is 14.1 Å². The minimum absolute atomic E-state index is 0.0645. The maximum atomic E-state index is 15.5. The lowest BCUT2D eigenvalue weighted by Crippen LogP contribution is -2.36. The number of rotatable bonds is 9. The van der Waals surface area contributed by atoms with Crippen LogP contribution >= 0.6 is 11.3 Å². The van der Waals surface area contributed by atoms with Crippen molar-refractivity contribution in [1.29, 1.82) is 0 Å². The highest BCUT2D eigenvalue weighted by Crippen LogP contribution is 2.39. The first-order valence-corrected chi connectivity index (χ1v) is 12.9. The molecule has 1 aliphatic heterocycles. The van der Waals surface area contributed by atoms with Gasteiger partial charge in [-0.2, -0.15) is 13.2 Å². The molecule has 11 heteroatoms. The van der Waals surface area contributed by atoms with Crippen LogP contribution in [0.4, 0.5) is 17.6 Å². The molecule has 0 spiro atoms. The molecular formula is C24H31F4N3O3S. The van der Waals surface area contributed by atoms with Gasteiger partial charge in [-0.25, -0.2) is 14.4 Å². The maximum absolute atomic E-state index is 15.5. The van der Waals surface area contributed by atoms with Crippen LogP contribution in [0.5, 0.6) is 5.19 Å². The number of oxazole rings is 1. The van der Waals surface area contributed by atoms with E-state index in [1.54, 1.807) is 13.1 Å². The van der Waals surface area contributed by atoms with Gasteiger partial charge in [0.2, 0.25) is 0 Å². The third-order valence-electron chi connectivity index (χ3n) is 6.87. The van der Waals surface area contributed by atoms with E-state index >= 15 is 4.39 Å². The van der Waals surface area contributed by atoms with E-state index in [1.165, 1.54) is 11.3 Å². The molecule has 194 valence electrons. The number of ketones is 1. The van der Waals surface area contributed by atoms with Crippen LogP contribution in [0.15, 0.2) is 10.6 Å². The third kappa shape index (κ3) is 7.73. The number of carbonyl (C=O) groups is 1. The molecule has 1 fully saturated rings. The van der Waals surface area contributed by atoms with E-state index in [9.17, 15) is 18.0 Å². The molecule has 2 aromatic heterocycles. The largest absolute Gasteiger partial charge is 0.460 e. The first-order chi connectivity index (χ1) is 16.6. The number of thiazole rings is 1.